The van der Waals surface area contributed by atoms with Crippen molar-refractivity contribution >= 4 is 23.6 Å². The van der Waals surface area contributed by atoms with Gasteiger partial charge in [0.25, 0.3) is 0 Å². The van der Waals surface area contributed by atoms with Gasteiger partial charge in [-0.2, -0.15) is 0 Å². The van der Waals surface area contributed by atoms with Crippen molar-refractivity contribution in [3.8, 4) is 0 Å². The van der Waals surface area contributed by atoms with Crippen LogP contribution < -0.4 is 50.0 Å². The maximum atomic E-state index is 6.03. The van der Waals surface area contributed by atoms with Crippen LogP contribution in [-0.2, 0) is 19.6 Å². The second-order valence-corrected chi connectivity index (χ2v) is 11.4. The molecule has 0 heterocycles. The molecule has 0 fully saturated rings. The molecule has 3 aromatic carbocycles. The van der Waals surface area contributed by atoms with Crippen molar-refractivity contribution in [3.05, 3.63) is 119 Å². The third-order valence-electron chi connectivity index (χ3n) is 5.88. The minimum absolute atomic E-state index is 0.519. The maximum Gasteiger partial charge on any atom is 0.162 e. The Balaban J connectivity index is 0.00000101. The molecule has 0 saturated carbocycles. The predicted octanol–water partition coefficient (Wildman–Crippen LogP) is 0.497. The molecule has 1 aliphatic carbocycles. The molecule has 0 amide bonds. The molecular weight excluding hydrogens is 460 g/mol. The van der Waals surface area contributed by atoms with Crippen LogP contribution in [0.2, 0.25) is 0 Å². The molecule has 1 aliphatic rings. The number of rotatable bonds is 7. The third kappa shape index (κ3) is 6.87. The Labute approximate surface area is 218 Å². The molecule has 6 nitrogen and oxygen atoms in total. The van der Waals surface area contributed by atoms with Gasteiger partial charge in [-0.1, -0.05) is 97.1 Å². The molecule has 0 spiro atoms. The Morgan fingerprint density at radius 3 is 1.08 bits per heavy atom. The lowest BCUT2D eigenvalue weighted by Crippen LogP contribution is -2.70. The molecule has 36 heavy (non-hydrogen) atoms. The summed E-state index contributed by atoms with van der Waals surface area (Å²) in [5, 5.41) is 3.96. The molecule has 4 rings (SSSR count). The van der Waals surface area contributed by atoms with Crippen molar-refractivity contribution in [1.82, 2.24) is 0 Å². The van der Waals surface area contributed by atoms with E-state index in [0.717, 1.165) is 16.7 Å². The fourth-order valence-corrected chi connectivity index (χ4v) is 9.36. The largest absolute Gasteiger partial charge is 0.333 e. The monoisotopic (exact) mass is 503 g/mol. The van der Waals surface area contributed by atoms with Gasteiger partial charge in [0.15, 0.2) is 8.07 Å². The molecule has 0 aromatic heterocycles. The second kappa shape index (κ2) is 16.7. The smallest absolute Gasteiger partial charge is 0.162 e. The lowest BCUT2D eigenvalue weighted by atomic mass is 10.2. The van der Waals surface area contributed by atoms with Gasteiger partial charge in [-0.15, -0.1) is 0 Å². The first-order valence-electron chi connectivity index (χ1n) is 12.1. The quantitative estimate of drug-likeness (QED) is 0.204. The maximum absolute atomic E-state index is 6.03. The zero-order chi connectivity index (χ0) is 27.0. The lowest BCUT2D eigenvalue weighted by molar-refractivity contribution is 1.07. The fourth-order valence-electron chi connectivity index (χ4n) is 4.42. The van der Waals surface area contributed by atoms with Gasteiger partial charge in [0.1, 0.15) is 0 Å². The fraction of sp³-hybridized carbons (Fsp3) is 0.207. The van der Waals surface area contributed by atoms with E-state index in [9.17, 15) is 0 Å². The second-order valence-electron chi connectivity index (χ2n) is 7.64. The molecule has 12 N–H and O–H groups in total. The van der Waals surface area contributed by atoms with Gasteiger partial charge >= 0.3 is 0 Å². The minimum Gasteiger partial charge on any atom is -0.333 e. The minimum atomic E-state index is -2.56. The van der Waals surface area contributed by atoms with Crippen molar-refractivity contribution < 1.29 is 0 Å². The number of nitrogens with two attached hydrogens (primary N) is 6. The number of allylic oxidation sites excluding steroid dienone is 4. The van der Waals surface area contributed by atoms with Crippen LogP contribution in [0, 0.1) is 5.54 Å². The van der Waals surface area contributed by atoms with E-state index in [1.165, 1.54) is 42.2 Å². The first-order valence-corrected chi connectivity index (χ1v) is 14.1. The highest BCUT2D eigenvalue weighted by atomic mass is 28.3. The molecule has 0 aliphatic heterocycles. The average molecular weight is 504 g/mol. The highest BCUT2D eigenvalue weighted by Crippen LogP contribution is 2.26. The van der Waals surface area contributed by atoms with Gasteiger partial charge in [-0.25, -0.2) is 0 Å². The number of hydrogen-bond donors (Lipinski definition) is 6. The van der Waals surface area contributed by atoms with E-state index >= 15 is 0 Å². The summed E-state index contributed by atoms with van der Waals surface area (Å²) < 4.78 is 0. The van der Waals surface area contributed by atoms with Crippen LogP contribution in [0.5, 0.6) is 0 Å². The van der Waals surface area contributed by atoms with E-state index in [0.29, 0.717) is 19.6 Å². The molecule has 0 bridgehead atoms. The Morgan fingerprint density at radius 1 is 0.500 bits per heavy atom. The Kier molecular flexibility index (Phi) is 14.5. The molecule has 0 saturated heterocycles. The van der Waals surface area contributed by atoms with Crippen molar-refractivity contribution in [2.75, 3.05) is 21.1 Å². The highest BCUT2D eigenvalue weighted by Gasteiger charge is 2.45. The van der Waals surface area contributed by atoms with Crippen LogP contribution in [0.15, 0.2) is 97.1 Å². The summed E-state index contributed by atoms with van der Waals surface area (Å²) in [5.41, 5.74) is 36.4. The molecule has 1 radical (unpaired) electrons. The van der Waals surface area contributed by atoms with Gasteiger partial charge in [-0.05, 0) is 53.4 Å². The summed E-state index contributed by atoms with van der Waals surface area (Å²) in [5.74, 6) is 0. The average Bonchev–Trinajstić information content (AvgIpc) is 3.52. The van der Waals surface area contributed by atoms with Crippen LogP contribution >= 0.6 is 0 Å². The molecular formula is C29H43N6Si. The van der Waals surface area contributed by atoms with Crippen LogP contribution in [0.25, 0.3) is 0 Å². The van der Waals surface area contributed by atoms with Crippen LogP contribution in [0.4, 0.5) is 0 Å². The van der Waals surface area contributed by atoms with Gasteiger partial charge in [0.2, 0.25) is 0 Å². The van der Waals surface area contributed by atoms with Gasteiger partial charge in [0, 0.05) is 25.2 Å². The molecule has 193 valence electrons. The summed E-state index contributed by atoms with van der Waals surface area (Å²) in [6.45, 7) is 1.56. The van der Waals surface area contributed by atoms with E-state index in [1.807, 2.05) is 0 Å². The molecule has 0 unspecified atom stereocenters. The van der Waals surface area contributed by atoms with E-state index in [-0.39, 0.29) is 0 Å². The summed E-state index contributed by atoms with van der Waals surface area (Å²) in [7, 11) is 1.94. The summed E-state index contributed by atoms with van der Waals surface area (Å²) in [6.07, 6.45) is 8.77. The number of benzene rings is 3. The topological polar surface area (TPSA) is 156 Å². The van der Waals surface area contributed by atoms with Crippen molar-refractivity contribution in [2.45, 2.75) is 19.6 Å². The van der Waals surface area contributed by atoms with Crippen LogP contribution in [-0.4, -0.2) is 29.2 Å². The molecule has 3 aromatic rings. The summed E-state index contributed by atoms with van der Waals surface area (Å²) in [6, 6.07) is 26.3. The predicted molar refractivity (Wildman–Crippen MR) is 160 cm³/mol. The highest BCUT2D eigenvalue weighted by molar-refractivity contribution is 7.15. The van der Waals surface area contributed by atoms with Crippen molar-refractivity contribution in [1.29, 1.82) is 0 Å². The van der Waals surface area contributed by atoms with Gasteiger partial charge < -0.3 is 34.4 Å². The Morgan fingerprint density at radius 2 is 0.806 bits per heavy atom. The van der Waals surface area contributed by atoms with E-state index in [1.54, 1.807) is 0 Å². The normalized spacial score (nSPS) is 12.0. The first-order chi connectivity index (χ1) is 17.7. The summed E-state index contributed by atoms with van der Waals surface area (Å²) in [4.78, 5) is 0. The van der Waals surface area contributed by atoms with Gasteiger partial charge in [-0.3, -0.25) is 0 Å². The standard InChI is InChI=1S/C26H28N3Si.3CH5N/c27-17-20-6-3-11-24(14-20)30(23-9-1-2-10-23,25-12-4-7-21(15-25)18-28)26-13-5-8-22(16-26)19-29;3*1-2/h1-16H,17-19,27-29H2;3*2H2,1H3. The Hall–Kier alpha value is -2.88. The zero-order valence-electron chi connectivity index (χ0n) is 21.8. The Bertz CT molecular complexity index is 969. The van der Waals surface area contributed by atoms with E-state index < -0.39 is 8.07 Å². The third-order valence-corrected chi connectivity index (χ3v) is 10.6. The van der Waals surface area contributed by atoms with Crippen molar-refractivity contribution in [3.63, 3.8) is 0 Å². The zero-order valence-corrected chi connectivity index (χ0v) is 22.8. The molecule has 0 atom stereocenters. The lowest BCUT2D eigenvalue weighted by Gasteiger charge is -2.38. The van der Waals surface area contributed by atoms with E-state index in [4.69, 9.17) is 17.2 Å². The number of hydrogen-bond acceptors (Lipinski definition) is 6. The van der Waals surface area contributed by atoms with Crippen LogP contribution in [0.1, 0.15) is 16.7 Å². The first kappa shape index (κ1) is 31.1. The molecule has 7 heteroatoms. The van der Waals surface area contributed by atoms with E-state index in [2.05, 4.69) is 114 Å². The summed E-state index contributed by atoms with van der Waals surface area (Å²) >= 11 is 0. The van der Waals surface area contributed by atoms with Gasteiger partial charge in [0.05, 0.1) is 0 Å². The van der Waals surface area contributed by atoms with Crippen molar-refractivity contribution in [2.24, 2.45) is 34.4 Å². The SMILES string of the molecule is CN.CN.CN.NCc1cccc([Si]([C]2C=CC=C2)(c2cccc(CN)c2)c2cccc(CN)c2)c1. The van der Waals surface area contributed by atoms with Crippen LogP contribution in [0.3, 0.4) is 0 Å².